The number of hydrogen-bond acceptors (Lipinski definition) is 6. The molecule has 3 amide bonds. The van der Waals surface area contributed by atoms with Gasteiger partial charge in [-0.1, -0.05) is 32.0 Å². The number of aliphatic carboxylic acids is 1. The van der Waals surface area contributed by atoms with Gasteiger partial charge in [0.15, 0.2) is 0 Å². The molecule has 0 saturated carbocycles. The zero-order chi connectivity index (χ0) is 26.0. The summed E-state index contributed by atoms with van der Waals surface area (Å²) in [4.78, 5) is 52.5. The van der Waals surface area contributed by atoms with Gasteiger partial charge in [0.2, 0.25) is 17.7 Å². The highest BCUT2D eigenvalue weighted by Crippen LogP contribution is 2.19. The Morgan fingerprint density at radius 3 is 2.46 bits per heavy atom. The van der Waals surface area contributed by atoms with E-state index in [2.05, 4.69) is 20.9 Å². The van der Waals surface area contributed by atoms with Crippen LogP contribution in [-0.4, -0.2) is 70.5 Å². The second kappa shape index (κ2) is 13.7. The molecule has 0 spiro atoms. The number of carbonyl (C=O) groups is 4. The molecule has 35 heavy (non-hydrogen) atoms. The number of carbonyl (C=O) groups excluding carboxylic acids is 3. The molecule has 3 unspecified atom stereocenters. The summed E-state index contributed by atoms with van der Waals surface area (Å²) in [5, 5.41) is 17.9. The normalized spacial score (nSPS) is 13.7. The van der Waals surface area contributed by atoms with Crippen molar-refractivity contribution >= 4 is 46.4 Å². The minimum Gasteiger partial charge on any atom is -0.480 e. The van der Waals surface area contributed by atoms with E-state index in [9.17, 15) is 24.3 Å². The van der Waals surface area contributed by atoms with Gasteiger partial charge in [-0.25, -0.2) is 4.79 Å². The molecular formula is C24H35N5O5S. The van der Waals surface area contributed by atoms with Crippen LogP contribution in [0.3, 0.4) is 0 Å². The average molecular weight is 506 g/mol. The van der Waals surface area contributed by atoms with Crippen molar-refractivity contribution < 1.29 is 24.3 Å². The summed E-state index contributed by atoms with van der Waals surface area (Å²) in [6, 6.07) is 4.81. The number of nitrogens with two attached hydrogens (primary N) is 1. The molecule has 0 aliphatic carbocycles. The third-order valence-electron chi connectivity index (χ3n) is 5.47. The quantitative estimate of drug-likeness (QED) is 0.223. The molecule has 0 saturated heterocycles. The molecule has 10 nitrogen and oxygen atoms in total. The van der Waals surface area contributed by atoms with Crippen LogP contribution in [0.15, 0.2) is 30.5 Å². The molecule has 11 heteroatoms. The first-order valence-corrected chi connectivity index (χ1v) is 12.9. The Hall–Kier alpha value is -3.05. The minimum absolute atomic E-state index is 0.0667. The van der Waals surface area contributed by atoms with Crippen molar-refractivity contribution in [3.63, 3.8) is 0 Å². The first kappa shape index (κ1) is 28.2. The Labute approximate surface area is 209 Å². The fourth-order valence-electron chi connectivity index (χ4n) is 3.61. The lowest BCUT2D eigenvalue weighted by Gasteiger charge is -2.21. The summed E-state index contributed by atoms with van der Waals surface area (Å²) in [6.07, 6.45) is 4.61. The molecule has 7 N–H and O–H groups in total. The Balaban J connectivity index is 2.09. The number of nitrogens with one attached hydrogen (secondary N) is 4. The molecule has 3 atom stereocenters. The number of fused-ring (bicyclic) bond motifs is 1. The monoisotopic (exact) mass is 505 g/mol. The van der Waals surface area contributed by atoms with Crippen molar-refractivity contribution in [3.05, 3.63) is 36.0 Å². The topological polar surface area (TPSA) is 166 Å². The van der Waals surface area contributed by atoms with Gasteiger partial charge in [0.25, 0.3) is 0 Å². The highest BCUT2D eigenvalue weighted by Gasteiger charge is 2.26. The van der Waals surface area contributed by atoms with Crippen LogP contribution in [0.5, 0.6) is 0 Å². The van der Waals surface area contributed by atoms with Gasteiger partial charge >= 0.3 is 5.97 Å². The molecule has 0 bridgehead atoms. The first-order chi connectivity index (χ1) is 16.6. The van der Waals surface area contributed by atoms with E-state index >= 15 is 0 Å². The number of carboxylic acids is 1. The zero-order valence-corrected chi connectivity index (χ0v) is 21.1. The molecule has 192 valence electrons. The second-order valence-electron chi connectivity index (χ2n) is 8.82. The van der Waals surface area contributed by atoms with Crippen molar-refractivity contribution in [3.8, 4) is 0 Å². The average Bonchev–Trinajstić information content (AvgIpc) is 3.22. The van der Waals surface area contributed by atoms with Crippen molar-refractivity contribution in [1.29, 1.82) is 0 Å². The van der Waals surface area contributed by atoms with Crippen molar-refractivity contribution in [1.82, 2.24) is 20.9 Å². The lowest BCUT2D eigenvalue weighted by atomic mass is 10.0. The fourth-order valence-corrected chi connectivity index (χ4v) is 4.10. The number of para-hydroxylation sites is 1. The van der Waals surface area contributed by atoms with Gasteiger partial charge in [0.1, 0.15) is 12.1 Å². The van der Waals surface area contributed by atoms with E-state index < -0.39 is 48.4 Å². The third kappa shape index (κ3) is 8.91. The predicted molar refractivity (Wildman–Crippen MR) is 137 cm³/mol. The lowest BCUT2D eigenvalue weighted by molar-refractivity contribution is -0.142. The molecule has 2 aromatic rings. The zero-order valence-electron chi connectivity index (χ0n) is 20.3. The Bertz CT molecular complexity index is 1020. The van der Waals surface area contributed by atoms with Crippen LogP contribution in [0.4, 0.5) is 0 Å². The SMILES string of the molecule is CSCCC(N)C(=O)NC(Cc1c[nH]c2ccccc12)C(=O)NCC(=O)NC(CC(C)C)C(=O)O. The van der Waals surface area contributed by atoms with Gasteiger partial charge in [-0.3, -0.25) is 14.4 Å². The standard InChI is InChI=1S/C24H35N5O5S/c1-14(2)10-20(24(33)34)28-21(30)13-27-23(32)19(29-22(31)17(25)8-9-35-3)11-15-12-26-18-7-5-4-6-16(15)18/h4-7,12,14,17,19-20,26H,8-11,13,25H2,1-3H3,(H,27,32)(H,28,30)(H,29,31)(H,33,34). The second-order valence-corrected chi connectivity index (χ2v) is 9.80. The number of rotatable bonds is 14. The number of hydrogen-bond donors (Lipinski definition) is 6. The van der Waals surface area contributed by atoms with E-state index in [1.165, 1.54) is 0 Å². The first-order valence-electron chi connectivity index (χ1n) is 11.5. The van der Waals surface area contributed by atoms with Crippen LogP contribution in [0.2, 0.25) is 0 Å². The Kier molecular flexibility index (Phi) is 11.1. The molecule has 0 radical (unpaired) electrons. The van der Waals surface area contributed by atoms with E-state index in [1.807, 2.05) is 44.4 Å². The maximum absolute atomic E-state index is 13.0. The van der Waals surface area contributed by atoms with Gasteiger partial charge in [-0.05, 0) is 42.4 Å². The fraction of sp³-hybridized carbons (Fsp3) is 0.500. The molecular weight excluding hydrogens is 470 g/mol. The van der Waals surface area contributed by atoms with Gasteiger partial charge in [0.05, 0.1) is 12.6 Å². The number of aromatic amines is 1. The van der Waals surface area contributed by atoms with Crippen LogP contribution in [0.25, 0.3) is 10.9 Å². The van der Waals surface area contributed by atoms with Crippen LogP contribution in [0, 0.1) is 5.92 Å². The maximum Gasteiger partial charge on any atom is 0.326 e. The number of amides is 3. The number of aromatic nitrogens is 1. The van der Waals surface area contributed by atoms with Gasteiger partial charge in [-0.2, -0.15) is 11.8 Å². The van der Waals surface area contributed by atoms with Gasteiger partial charge < -0.3 is 31.8 Å². The van der Waals surface area contributed by atoms with Crippen molar-refractivity contribution in [2.45, 2.75) is 51.2 Å². The van der Waals surface area contributed by atoms with Gasteiger partial charge in [-0.15, -0.1) is 0 Å². The number of carboxylic acid groups (broad SMARTS) is 1. The largest absolute Gasteiger partial charge is 0.480 e. The number of thioether (sulfide) groups is 1. The maximum atomic E-state index is 13.0. The summed E-state index contributed by atoms with van der Waals surface area (Å²) in [7, 11) is 0. The van der Waals surface area contributed by atoms with E-state index in [0.717, 1.165) is 16.5 Å². The Morgan fingerprint density at radius 2 is 1.80 bits per heavy atom. The van der Waals surface area contributed by atoms with E-state index in [-0.39, 0.29) is 18.8 Å². The predicted octanol–water partition coefficient (Wildman–Crippen LogP) is 1.01. The molecule has 1 aromatic heterocycles. The van der Waals surface area contributed by atoms with Crippen LogP contribution >= 0.6 is 11.8 Å². The summed E-state index contributed by atoms with van der Waals surface area (Å²) in [6.45, 7) is 3.29. The van der Waals surface area contributed by atoms with E-state index in [1.54, 1.807) is 18.0 Å². The minimum atomic E-state index is -1.14. The highest BCUT2D eigenvalue weighted by atomic mass is 32.2. The Morgan fingerprint density at radius 1 is 1.09 bits per heavy atom. The molecule has 2 rings (SSSR count). The van der Waals surface area contributed by atoms with Crippen LogP contribution in [-0.2, 0) is 25.6 Å². The molecule has 0 fully saturated rings. The number of benzene rings is 1. The van der Waals surface area contributed by atoms with E-state index in [4.69, 9.17) is 5.73 Å². The number of H-pyrrole nitrogens is 1. The lowest BCUT2D eigenvalue weighted by Crippen LogP contribution is -2.54. The smallest absolute Gasteiger partial charge is 0.326 e. The molecule has 1 heterocycles. The molecule has 0 aliphatic heterocycles. The molecule has 0 aliphatic rings. The van der Waals surface area contributed by atoms with Gasteiger partial charge in [0, 0.05) is 23.5 Å². The molecule has 1 aromatic carbocycles. The van der Waals surface area contributed by atoms with E-state index in [0.29, 0.717) is 12.2 Å². The van der Waals surface area contributed by atoms with Crippen LogP contribution in [0.1, 0.15) is 32.3 Å². The summed E-state index contributed by atoms with van der Waals surface area (Å²) in [5.41, 5.74) is 7.70. The van der Waals surface area contributed by atoms with Crippen LogP contribution < -0.4 is 21.7 Å². The summed E-state index contributed by atoms with van der Waals surface area (Å²) >= 11 is 1.57. The van der Waals surface area contributed by atoms with Crippen molar-refractivity contribution in [2.75, 3.05) is 18.6 Å². The third-order valence-corrected chi connectivity index (χ3v) is 6.11. The van der Waals surface area contributed by atoms with Crippen molar-refractivity contribution in [2.24, 2.45) is 11.7 Å². The summed E-state index contributed by atoms with van der Waals surface area (Å²) in [5.74, 6) is -2.01. The highest BCUT2D eigenvalue weighted by molar-refractivity contribution is 7.98. The summed E-state index contributed by atoms with van der Waals surface area (Å²) < 4.78 is 0.